The molecule has 0 spiro atoms. The van der Waals surface area contributed by atoms with Crippen molar-refractivity contribution in [2.45, 2.75) is 32.3 Å². The van der Waals surface area contributed by atoms with Crippen LogP contribution in [0.25, 0.3) is 11.0 Å². The summed E-state index contributed by atoms with van der Waals surface area (Å²) in [4.78, 5) is 12.2. The van der Waals surface area contributed by atoms with Gasteiger partial charge >= 0.3 is 5.63 Å². The second-order valence-corrected chi connectivity index (χ2v) is 7.51. The van der Waals surface area contributed by atoms with Crippen molar-refractivity contribution in [1.29, 1.82) is 0 Å². The first-order valence-corrected chi connectivity index (χ1v) is 9.52. The highest BCUT2D eigenvalue weighted by molar-refractivity contribution is 6.44. The summed E-state index contributed by atoms with van der Waals surface area (Å²) in [7, 11) is 0. The van der Waals surface area contributed by atoms with Gasteiger partial charge in [-0.2, -0.15) is 0 Å². The number of benzene rings is 2. The summed E-state index contributed by atoms with van der Waals surface area (Å²) in [6.45, 7) is 0.166. The van der Waals surface area contributed by atoms with E-state index in [9.17, 15) is 4.79 Å². The van der Waals surface area contributed by atoms with Crippen LogP contribution in [0.4, 0.5) is 0 Å². The molecule has 26 heavy (non-hydrogen) atoms. The fourth-order valence-corrected chi connectivity index (χ4v) is 4.03. The fourth-order valence-electron chi connectivity index (χ4n) is 3.37. The molecule has 0 saturated carbocycles. The molecule has 0 fully saturated rings. The van der Waals surface area contributed by atoms with Crippen molar-refractivity contribution in [2.24, 2.45) is 0 Å². The van der Waals surface area contributed by atoms with Crippen molar-refractivity contribution in [1.82, 2.24) is 0 Å². The highest BCUT2D eigenvalue weighted by Crippen LogP contribution is 2.33. The normalized spacial score (nSPS) is 13.7. The van der Waals surface area contributed by atoms with Gasteiger partial charge in [0, 0.05) is 27.6 Å². The van der Waals surface area contributed by atoms with Gasteiger partial charge in [-0.1, -0.05) is 34.8 Å². The summed E-state index contributed by atoms with van der Waals surface area (Å²) >= 11 is 18.4. The second-order valence-electron chi connectivity index (χ2n) is 6.32. The van der Waals surface area contributed by atoms with E-state index < -0.39 is 0 Å². The maximum atomic E-state index is 12.2. The van der Waals surface area contributed by atoms with Gasteiger partial charge in [0.1, 0.15) is 17.9 Å². The Kier molecular flexibility index (Phi) is 4.87. The van der Waals surface area contributed by atoms with Crippen molar-refractivity contribution < 1.29 is 9.15 Å². The van der Waals surface area contributed by atoms with E-state index in [1.54, 1.807) is 18.2 Å². The van der Waals surface area contributed by atoms with Crippen LogP contribution in [0.2, 0.25) is 15.1 Å². The Morgan fingerprint density at radius 2 is 1.69 bits per heavy atom. The van der Waals surface area contributed by atoms with Crippen LogP contribution in [0.5, 0.6) is 5.75 Å². The van der Waals surface area contributed by atoms with E-state index in [1.165, 1.54) is 0 Å². The third kappa shape index (κ3) is 3.20. The lowest BCUT2D eigenvalue weighted by molar-refractivity contribution is 0.306. The molecular formula is C20H15Cl3O3. The summed E-state index contributed by atoms with van der Waals surface area (Å²) in [5.41, 5.74) is 2.83. The molecule has 1 aromatic heterocycles. The first kappa shape index (κ1) is 17.7. The van der Waals surface area contributed by atoms with Crippen LogP contribution < -0.4 is 10.4 Å². The summed E-state index contributed by atoms with van der Waals surface area (Å²) in [5.74, 6) is 0.573. The molecular weight excluding hydrogens is 395 g/mol. The van der Waals surface area contributed by atoms with Crippen LogP contribution in [-0.2, 0) is 19.4 Å². The zero-order chi connectivity index (χ0) is 18.3. The molecule has 0 saturated heterocycles. The maximum absolute atomic E-state index is 12.2. The Bertz CT molecular complexity index is 1060. The van der Waals surface area contributed by atoms with Gasteiger partial charge < -0.3 is 9.15 Å². The molecule has 1 heterocycles. The molecule has 2 aromatic carbocycles. The van der Waals surface area contributed by atoms with Crippen LogP contribution in [-0.4, -0.2) is 0 Å². The topological polar surface area (TPSA) is 39.4 Å². The van der Waals surface area contributed by atoms with Crippen LogP contribution in [0.3, 0.4) is 0 Å². The van der Waals surface area contributed by atoms with Gasteiger partial charge in [-0.15, -0.1) is 0 Å². The third-order valence-corrected chi connectivity index (χ3v) is 5.91. The number of halogens is 3. The summed E-state index contributed by atoms with van der Waals surface area (Å²) in [6, 6.07) is 8.87. The average Bonchev–Trinajstić information content (AvgIpc) is 2.65. The molecule has 0 amide bonds. The zero-order valence-corrected chi connectivity index (χ0v) is 16.0. The molecule has 0 aliphatic heterocycles. The Morgan fingerprint density at radius 1 is 0.962 bits per heavy atom. The Labute approximate surface area is 165 Å². The van der Waals surface area contributed by atoms with Crippen molar-refractivity contribution >= 4 is 45.8 Å². The fraction of sp³-hybridized carbons (Fsp3) is 0.250. The number of fused-ring (bicyclic) bond motifs is 3. The van der Waals surface area contributed by atoms with Crippen LogP contribution in [0.1, 0.15) is 29.5 Å². The first-order valence-electron chi connectivity index (χ1n) is 8.38. The van der Waals surface area contributed by atoms with E-state index in [1.807, 2.05) is 12.1 Å². The number of hydrogen-bond acceptors (Lipinski definition) is 3. The van der Waals surface area contributed by atoms with E-state index in [0.717, 1.165) is 42.2 Å². The second kappa shape index (κ2) is 7.15. The van der Waals surface area contributed by atoms with Crippen molar-refractivity contribution in [2.75, 3.05) is 0 Å². The van der Waals surface area contributed by atoms with Crippen molar-refractivity contribution in [3.05, 3.63) is 72.5 Å². The molecule has 6 heteroatoms. The Morgan fingerprint density at radius 3 is 2.50 bits per heavy atom. The van der Waals surface area contributed by atoms with Crippen LogP contribution in [0.15, 0.2) is 39.5 Å². The van der Waals surface area contributed by atoms with Gasteiger partial charge in [0.2, 0.25) is 0 Å². The summed E-state index contributed by atoms with van der Waals surface area (Å²) in [6.07, 6.45) is 3.82. The van der Waals surface area contributed by atoms with Gasteiger partial charge in [0.25, 0.3) is 0 Å². The average molecular weight is 410 g/mol. The van der Waals surface area contributed by atoms with Crippen LogP contribution >= 0.6 is 34.8 Å². The Balaban J connectivity index is 1.67. The smallest absolute Gasteiger partial charge is 0.339 e. The minimum atomic E-state index is -0.245. The molecule has 1 aliphatic rings. The van der Waals surface area contributed by atoms with Crippen LogP contribution in [0, 0.1) is 0 Å². The predicted octanol–water partition coefficient (Wildman–Crippen LogP) is 6.21. The quantitative estimate of drug-likeness (QED) is 0.381. The lowest BCUT2D eigenvalue weighted by Crippen LogP contribution is -2.15. The predicted molar refractivity (Wildman–Crippen MR) is 105 cm³/mol. The maximum Gasteiger partial charge on any atom is 0.339 e. The number of rotatable bonds is 3. The molecule has 1 aliphatic carbocycles. The third-order valence-electron chi connectivity index (χ3n) is 4.72. The molecule has 3 nitrogen and oxygen atoms in total. The Hall–Kier alpha value is -1.68. The van der Waals surface area contributed by atoms with E-state index in [4.69, 9.17) is 44.0 Å². The van der Waals surface area contributed by atoms with Gasteiger partial charge in [0.05, 0.1) is 10.0 Å². The highest BCUT2D eigenvalue weighted by atomic mass is 35.5. The van der Waals surface area contributed by atoms with E-state index in [0.29, 0.717) is 32.0 Å². The lowest BCUT2D eigenvalue weighted by Gasteiger charge is -2.16. The molecule has 134 valence electrons. The van der Waals surface area contributed by atoms with E-state index in [-0.39, 0.29) is 12.2 Å². The standard InChI is InChI=1S/C20H15Cl3O3/c21-16-7-8-17(22)19(23)15(16)10-25-11-5-6-13-12-3-1-2-4-14(12)20(24)26-18(13)9-11/h5-9H,1-4,10H2. The molecule has 0 unspecified atom stereocenters. The largest absolute Gasteiger partial charge is 0.489 e. The van der Waals surface area contributed by atoms with Gasteiger partial charge in [-0.25, -0.2) is 4.79 Å². The zero-order valence-electron chi connectivity index (χ0n) is 13.8. The molecule has 3 aromatic rings. The molecule has 0 atom stereocenters. The SMILES string of the molecule is O=c1oc2cc(OCc3c(Cl)ccc(Cl)c3Cl)ccc2c2c1CCCC2. The van der Waals surface area contributed by atoms with Gasteiger partial charge in [-0.3, -0.25) is 0 Å². The molecule has 0 bridgehead atoms. The first-order chi connectivity index (χ1) is 12.5. The summed E-state index contributed by atoms with van der Waals surface area (Å²) < 4.78 is 11.3. The number of aryl methyl sites for hydroxylation is 1. The van der Waals surface area contributed by atoms with Gasteiger partial charge in [-0.05, 0) is 55.5 Å². The van der Waals surface area contributed by atoms with Gasteiger partial charge in [0.15, 0.2) is 0 Å². The number of ether oxygens (including phenoxy) is 1. The van der Waals surface area contributed by atoms with Crippen molar-refractivity contribution in [3.8, 4) is 5.75 Å². The van der Waals surface area contributed by atoms with Crippen molar-refractivity contribution in [3.63, 3.8) is 0 Å². The molecule has 0 radical (unpaired) electrons. The summed E-state index contributed by atoms with van der Waals surface area (Å²) in [5, 5.41) is 2.26. The lowest BCUT2D eigenvalue weighted by atomic mass is 9.91. The minimum absolute atomic E-state index is 0.166. The monoisotopic (exact) mass is 408 g/mol. The molecule has 4 rings (SSSR count). The highest BCUT2D eigenvalue weighted by Gasteiger charge is 2.18. The minimum Gasteiger partial charge on any atom is -0.489 e. The van der Waals surface area contributed by atoms with E-state index >= 15 is 0 Å². The number of hydrogen-bond donors (Lipinski definition) is 0. The van der Waals surface area contributed by atoms with E-state index in [2.05, 4.69) is 0 Å². The molecule has 0 N–H and O–H groups in total.